The van der Waals surface area contributed by atoms with Crippen LogP contribution in [-0.2, 0) is 0 Å². The number of hydrogen-bond acceptors (Lipinski definition) is 4. The third-order valence-electron chi connectivity index (χ3n) is 3.88. The van der Waals surface area contributed by atoms with Crippen molar-refractivity contribution in [2.75, 3.05) is 13.1 Å². The molecular weight excluding hydrogens is 282 g/mol. The molecule has 1 amide bonds. The monoisotopic (exact) mass is 301 g/mol. The fraction of sp³-hybridized carbons (Fsp3) is 0.467. The van der Waals surface area contributed by atoms with Crippen LogP contribution in [0.3, 0.4) is 0 Å². The average molecular weight is 301 g/mol. The second-order valence-corrected chi connectivity index (χ2v) is 5.77. The van der Waals surface area contributed by atoms with Gasteiger partial charge in [-0.2, -0.15) is 10.2 Å². The Morgan fingerprint density at radius 1 is 1.36 bits per heavy atom. The Bertz CT molecular complexity index is 720. The molecule has 1 aliphatic heterocycles. The third-order valence-corrected chi connectivity index (χ3v) is 3.88. The minimum absolute atomic E-state index is 0.0735. The van der Waals surface area contributed by atoms with E-state index in [1.54, 1.807) is 11.1 Å². The lowest BCUT2D eigenvalue weighted by atomic mass is 10.3. The molecule has 116 valence electrons. The van der Waals surface area contributed by atoms with Gasteiger partial charge in [0.1, 0.15) is 5.69 Å². The molecular formula is C15H19N5O2. The highest BCUT2D eigenvalue weighted by molar-refractivity contribution is 5.92. The summed E-state index contributed by atoms with van der Waals surface area (Å²) in [6.45, 7) is 5.02. The van der Waals surface area contributed by atoms with Gasteiger partial charge in [-0.25, -0.2) is 4.68 Å². The Morgan fingerprint density at radius 2 is 2.18 bits per heavy atom. The summed E-state index contributed by atoms with van der Waals surface area (Å²) < 4.78 is 3.23. The van der Waals surface area contributed by atoms with Gasteiger partial charge in [0.2, 0.25) is 0 Å². The molecule has 1 saturated heterocycles. The van der Waals surface area contributed by atoms with Gasteiger partial charge in [0.15, 0.2) is 0 Å². The zero-order valence-electron chi connectivity index (χ0n) is 12.7. The summed E-state index contributed by atoms with van der Waals surface area (Å²) in [5, 5.41) is 8.43. The maximum absolute atomic E-state index is 12.6. The van der Waals surface area contributed by atoms with Gasteiger partial charge in [0.25, 0.3) is 11.5 Å². The van der Waals surface area contributed by atoms with Crippen molar-refractivity contribution >= 4 is 5.91 Å². The highest BCUT2D eigenvalue weighted by Gasteiger charge is 2.29. The fourth-order valence-corrected chi connectivity index (χ4v) is 2.71. The minimum Gasteiger partial charge on any atom is -0.335 e. The second kappa shape index (κ2) is 5.75. The standard InChI is InChI=1S/C15H19N5O2/c1-11(2)20-14(21)5-4-13(17-20)15(22)18-9-6-12(10-18)19-8-3-7-16-19/h3-5,7-8,11-12H,6,9-10H2,1-2H3. The molecule has 1 atom stereocenters. The van der Waals surface area contributed by atoms with E-state index in [1.165, 1.54) is 16.8 Å². The van der Waals surface area contributed by atoms with Gasteiger partial charge in [-0.3, -0.25) is 14.3 Å². The quantitative estimate of drug-likeness (QED) is 0.851. The summed E-state index contributed by atoms with van der Waals surface area (Å²) in [6, 6.07) is 4.92. The molecule has 0 bridgehead atoms. The number of aromatic nitrogens is 4. The molecule has 7 nitrogen and oxygen atoms in total. The van der Waals surface area contributed by atoms with Crippen molar-refractivity contribution in [3.8, 4) is 0 Å². The molecule has 0 aromatic carbocycles. The van der Waals surface area contributed by atoms with E-state index < -0.39 is 0 Å². The van der Waals surface area contributed by atoms with E-state index in [0.717, 1.165) is 6.42 Å². The van der Waals surface area contributed by atoms with Crippen molar-refractivity contribution in [3.63, 3.8) is 0 Å². The van der Waals surface area contributed by atoms with Crippen molar-refractivity contribution in [1.29, 1.82) is 0 Å². The molecule has 0 radical (unpaired) electrons. The van der Waals surface area contributed by atoms with E-state index in [1.807, 2.05) is 30.8 Å². The number of rotatable bonds is 3. The SMILES string of the molecule is CC(C)n1nc(C(=O)N2CCC(n3cccn3)C2)ccc1=O. The van der Waals surface area contributed by atoms with E-state index in [2.05, 4.69) is 10.2 Å². The Balaban J connectivity index is 1.78. The fourth-order valence-electron chi connectivity index (χ4n) is 2.71. The lowest BCUT2D eigenvalue weighted by Gasteiger charge is -2.17. The van der Waals surface area contributed by atoms with Crippen LogP contribution in [0, 0.1) is 0 Å². The molecule has 0 N–H and O–H groups in total. The molecule has 1 aliphatic rings. The Kier molecular flexibility index (Phi) is 3.79. The van der Waals surface area contributed by atoms with Crippen LogP contribution < -0.4 is 5.56 Å². The Hall–Kier alpha value is -2.44. The zero-order chi connectivity index (χ0) is 15.7. The highest BCUT2D eigenvalue weighted by Crippen LogP contribution is 2.21. The summed E-state index contributed by atoms with van der Waals surface area (Å²) in [4.78, 5) is 26.1. The van der Waals surface area contributed by atoms with Gasteiger partial charge in [0, 0.05) is 31.5 Å². The highest BCUT2D eigenvalue weighted by atomic mass is 16.2. The molecule has 2 aromatic heterocycles. The predicted octanol–water partition coefficient (Wildman–Crippen LogP) is 1.11. The number of carbonyl (C=O) groups is 1. The molecule has 2 aromatic rings. The normalized spacial score (nSPS) is 18.1. The van der Waals surface area contributed by atoms with Crippen LogP contribution in [0.15, 0.2) is 35.4 Å². The van der Waals surface area contributed by atoms with Crippen molar-refractivity contribution in [1.82, 2.24) is 24.5 Å². The van der Waals surface area contributed by atoms with Crippen LogP contribution in [0.25, 0.3) is 0 Å². The van der Waals surface area contributed by atoms with Gasteiger partial charge in [-0.05, 0) is 32.4 Å². The van der Waals surface area contributed by atoms with Crippen LogP contribution in [-0.4, -0.2) is 43.5 Å². The number of likely N-dealkylation sites (tertiary alicyclic amines) is 1. The Morgan fingerprint density at radius 3 is 2.86 bits per heavy atom. The van der Waals surface area contributed by atoms with Crippen LogP contribution in [0.4, 0.5) is 0 Å². The molecule has 0 saturated carbocycles. The molecule has 3 rings (SSSR count). The van der Waals surface area contributed by atoms with E-state index >= 15 is 0 Å². The summed E-state index contributed by atoms with van der Waals surface area (Å²) in [6.07, 6.45) is 4.53. The first kappa shape index (κ1) is 14.5. The summed E-state index contributed by atoms with van der Waals surface area (Å²) >= 11 is 0. The van der Waals surface area contributed by atoms with Gasteiger partial charge in [-0.1, -0.05) is 0 Å². The van der Waals surface area contributed by atoms with Crippen LogP contribution >= 0.6 is 0 Å². The molecule has 1 fully saturated rings. The van der Waals surface area contributed by atoms with Gasteiger partial charge in [0.05, 0.1) is 12.1 Å². The minimum atomic E-state index is -0.192. The molecule has 22 heavy (non-hydrogen) atoms. The molecule has 0 aliphatic carbocycles. The van der Waals surface area contributed by atoms with E-state index in [0.29, 0.717) is 18.8 Å². The van der Waals surface area contributed by atoms with Gasteiger partial charge >= 0.3 is 0 Å². The van der Waals surface area contributed by atoms with Gasteiger partial charge < -0.3 is 4.90 Å². The molecule has 3 heterocycles. The largest absolute Gasteiger partial charge is 0.335 e. The summed E-state index contributed by atoms with van der Waals surface area (Å²) in [5.74, 6) is -0.135. The average Bonchev–Trinajstić information content (AvgIpc) is 3.17. The van der Waals surface area contributed by atoms with E-state index in [9.17, 15) is 9.59 Å². The molecule has 1 unspecified atom stereocenters. The third kappa shape index (κ3) is 2.66. The predicted molar refractivity (Wildman–Crippen MR) is 80.7 cm³/mol. The smallest absolute Gasteiger partial charge is 0.274 e. The first-order valence-corrected chi connectivity index (χ1v) is 7.44. The summed E-state index contributed by atoms with van der Waals surface area (Å²) in [5.41, 5.74) is 0.122. The van der Waals surface area contributed by atoms with Crippen LogP contribution in [0.5, 0.6) is 0 Å². The summed E-state index contributed by atoms with van der Waals surface area (Å²) in [7, 11) is 0. The van der Waals surface area contributed by atoms with Crippen molar-refractivity contribution in [2.45, 2.75) is 32.4 Å². The van der Waals surface area contributed by atoms with E-state index in [4.69, 9.17) is 0 Å². The number of amides is 1. The number of hydrogen-bond donors (Lipinski definition) is 0. The molecule has 0 spiro atoms. The first-order valence-electron chi connectivity index (χ1n) is 7.44. The topological polar surface area (TPSA) is 73.0 Å². The zero-order valence-corrected chi connectivity index (χ0v) is 12.7. The maximum Gasteiger partial charge on any atom is 0.274 e. The maximum atomic E-state index is 12.6. The van der Waals surface area contributed by atoms with E-state index in [-0.39, 0.29) is 23.6 Å². The van der Waals surface area contributed by atoms with Crippen molar-refractivity contribution < 1.29 is 4.79 Å². The van der Waals surface area contributed by atoms with Gasteiger partial charge in [-0.15, -0.1) is 0 Å². The second-order valence-electron chi connectivity index (χ2n) is 5.77. The Labute approximate surface area is 128 Å². The molecule has 7 heteroatoms. The lowest BCUT2D eigenvalue weighted by molar-refractivity contribution is 0.0778. The van der Waals surface area contributed by atoms with Crippen molar-refractivity contribution in [3.05, 3.63) is 46.6 Å². The first-order chi connectivity index (χ1) is 10.6. The van der Waals surface area contributed by atoms with Crippen LogP contribution in [0.2, 0.25) is 0 Å². The lowest BCUT2D eigenvalue weighted by Crippen LogP contribution is -2.33. The number of carbonyl (C=O) groups excluding carboxylic acids is 1. The van der Waals surface area contributed by atoms with Crippen LogP contribution in [0.1, 0.15) is 42.8 Å². The number of nitrogens with zero attached hydrogens (tertiary/aromatic N) is 5. The van der Waals surface area contributed by atoms with Crippen molar-refractivity contribution in [2.24, 2.45) is 0 Å².